The molecule has 31 heavy (non-hydrogen) atoms. The molecule has 1 N–H and O–H groups in total. The number of anilines is 2. The van der Waals surface area contributed by atoms with Crippen LogP contribution in [0, 0.1) is 0 Å². The molecule has 0 saturated carbocycles. The van der Waals surface area contributed by atoms with Crippen LogP contribution < -0.4 is 10.2 Å². The maximum absolute atomic E-state index is 13.1. The summed E-state index contributed by atoms with van der Waals surface area (Å²) < 4.78 is 66.6. The van der Waals surface area contributed by atoms with Crippen molar-refractivity contribution in [1.29, 1.82) is 0 Å². The van der Waals surface area contributed by atoms with Crippen molar-refractivity contribution >= 4 is 39.0 Å². The molecule has 1 saturated heterocycles. The summed E-state index contributed by atoms with van der Waals surface area (Å²) in [6.07, 6.45) is -4.57. The number of piperazine rings is 1. The molecule has 1 aliphatic rings. The van der Waals surface area contributed by atoms with Gasteiger partial charge in [-0.05, 0) is 43.3 Å². The molecular weight excluding hydrogens is 457 g/mol. The lowest BCUT2D eigenvalue weighted by atomic mass is 10.2. The number of nitrogens with zero attached hydrogens (tertiary/aromatic N) is 3. The Balaban J connectivity index is 1.78. The molecule has 0 bridgehead atoms. The van der Waals surface area contributed by atoms with Gasteiger partial charge in [0.05, 0.1) is 10.5 Å². The number of halogens is 4. The standard InChI is InChI=1S/C19H20ClF3N4O3S/c1-12-11-26(18-10-14(19(21,22)23)9-17(20)25-18)7-8-27(12)31(29,30)16-5-3-15(4-6-16)24-13(2)28/h3-6,9-10,12H,7-8,11H2,1-2H3,(H,24,28). The largest absolute Gasteiger partial charge is 0.416 e. The summed E-state index contributed by atoms with van der Waals surface area (Å²) in [5, 5.41) is 2.28. The average molecular weight is 477 g/mol. The monoisotopic (exact) mass is 476 g/mol. The highest BCUT2D eigenvalue weighted by Crippen LogP contribution is 2.33. The lowest BCUT2D eigenvalue weighted by Gasteiger charge is -2.39. The molecule has 12 heteroatoms. The second kappa shape index (κ2) is 8.64. The first-order valence-electron chi connectivity index (χ1n) is 9.27. The summed E-state index contributed by atoms with van der Waals surface area (Å²) in [6, 6.07) is 6.90. The molecule has 1 atom stereocenters. The summed E-state index contributed by atoms with van der Waals surface area (Å²) in [6.45, 7) is 3.38. The normalized spacial score (nSPS) is 18.1. The van der Waals surface area contributed by atoms with Crippen LogP contribution in [0.5, 0.6) is 0 Å². The summed E-state index contributed by atoms with van der Waals surface area (Å²) in [7, 11) is -3.83. The van der Waals surface area contributed by atoms with Crippen LogP contribution >= 0.6 is 11.6 Å². The van der Waals surface area contributed by atoms with Crippen molar-refractivity contribution < 1.29 is 26.4 Å². The van der Waals surface area contributed by atoms with E-state index in [1.807, 2.05) is 0 Å². The molecule has 0 radical (unpaired) electrons. The number of rotatable bonds is 4. The van der Waals surface area contributed by atoms with E-state index in [4.69, 9.17) is 11.6 Å². The highest BCUT2D eigenvalue weighted by Gasteiger charge is 2.36. The Morgan fingerprint density at radius 1 is 1.19 bits per heavy atom. The minimum absolute atomic E-state index is 0.0448. The van der Waals surface area contributed by atoms with Gasteiger partial charge in [-0.15, -0.1) is 0 Å². The van der Waals surface area contributed by atoms with Gasteiger partial charge in [0.1, 0.15) is 11.0 Å². The number of alkyl halides is 3. The van der Waals surface area contributed by atoms with Gasteiger partial charge in [-0.2, -0.15) is 17.5 Å². The molecule has 2 aromatic rings. The smallest absolute Gasteiger partial charge is 0.354 e. The fourth-order valence-electron chi connectivity index (χ4n) is 3.36. The van der Waals surface area contributed by atoms with E-state index in [1.165, 1.54) is 35.5 Å². The molecule has 3 rings (SSSR count). The first kappa shape index (κ1) is 23.3. The highest BCUT2D eigenvalue weighted by atomic mass is 35.5. The first-order chi connectivity index (χ1) is 14.4. The van der Waals surface area contributed by atoms with Crippen molar-refractivity contribution in [2.24, 2.45) is 0 Å². The van der Waals surface area contributed by atoms with Crippen molar-refractivity contribution in [3.05, 3.63) is 47.1 Å². The molecule has 0 spiro atoms. The number of aromatic nitrogens is 1. The molecule has 1 fully saturated rings. The molecule has 1 aromatic heterocycles. The maximum Gasteiger partial charge on any atom is 0.416 e. The topological polar surface area (TPSA) is 82.6 Å². The van der Waals surface area contributed by atoms with Crippen LogP contribution in [0.15, 0.2) is 41.3 Å². The van der Waals surface area contributed by atoms with Gasteiger partial charge in [0.25, 0.3) is 0 Å². The van der Waals surface area contributed by atoms with E-state index in [0.29, 0.717) is 5.69 Å². The van der Waals surface area contributed by atoms with E-state index in [9.17, 15) is 26.4 Å². The van der Waals surface area contributed by atoms with Gasteiger partial charge in [0.15, 0.2) is 0 Å². The number of amides is 1. The van der Waals surface area contributed by atoms with Gasteiger partial charge in [-0.1, -0.05) is 11.6 Å². The molecule has 1 aromatic carbocycles. The van der Waals surface area contributed by atoms with E-state index in [2.05, 4.69) is 10.3 Å². The first-order valence-corrected chi connectivity index (χ1v) is 11.1. The van der Waals surface area contributed by atoms with Crippen LogP contribution in [-0.2, 0) is 21.0 Å². The number of pyridine rings is 1. The van der Waals surface area contributed by atoms with Crippen molar-refractivity contribution in [2.75, 3.05) is 29.9 Å². The lowest BCUT2D eigenvalue weighted by molar-refractivity contribution is -0.137. The van der Waals surface area contributed by atoms with Gasteiger partial charge in [0, 0.05) is 38.3 Å². The maximum atomic E-state index is 13.1. The van der Waals surface area contributed by atoms with Crippen molar-refractivity contribution in [3.63, 3.8) is 0 Å². The highest BCUT2D eigenvalue weighted by molar-refractivity contribution is 7.89. The number of hydrogen-bond acceptors (Lipinski definition) is 5. The molecule has 1 aliphatic heterocycles. The van der Waals surface area contributed by atoms with Crippen LogP contribution in [0.3, 0.4) is 0 Å². The number of nitrogens with one attached hydrogen (secondary N) is 1. The number of carbonyl (C=O) groups excluding carboxylic acids is 1. The van der Waals surface area contributed by atoms with Gasteiger partial charge >= 0.3 is 6.18 Å². The second-order valence-electron chi connectivity index (χ2n) is 7.15. The number of sulfonamides is 1. The SMILES string of the molecule is CC(=O)Nc1ccc(S(=O)(=O)N2CCN(c3cc(C(F)(F)F)cc(Cl)n3)CC2C)cc1. The van der Waals surface area contributed by atoms with E-state index in [1.54, 1.807) is 11.8 Å². The summed E-state index contributed by atoms with van der Waals surface area (Å²) in [4.78, 5) is 16.7. The summed E-state index contributed by atoms with van der Waals surface area (Å²) >= 11 is 5.77. The van der Waals surface area contributed by atoms with Gasteiger partial charge in [0.2, 0.25) is 15.9 Å². The summed E-state index contributed by atoms with van der Waals surface area (Å²) in [5.41, 5.74) is -0.443. The van der Waals surface area contributed by atoms with Crippen LogP contribution in [0.2, 0.25) is 5.15 Å². The van der Waals surface area contributed by atoms with E-state index >= 15 is 0 Å². The molecular formula is C19H20ClF3N4O3S. The van der Waals surface area contributed by atoms with Crippen LogP contribution in [0.1, 0.15) is 19.4 Å². The molecule has 2 heterocycles. The Labute approximate surface area is 182 Å². The predicted molar refractivity (Wildman–Crippen MR) is 111 cm³/mol. The zero-order valence-electron chi connectivity index (χ0n) is 16.6. The Hall–Kier alpha value is -2.37. The Kier molecular flexibility index (Phi) is 6.49. The zero-order valence-corrected chi connectivity index (χ0v) is 18.2. The van der Waals surface area contributed by atoms with Gasteiger partial charge in [-0.25, -0.2) is 13.4 Å². The molecule has 7 nitrogen and oxygen atoms in total. The van der Waals surface area contributed by atoms with E-state index in [0.717, 1.165) is 12.1 Å². The third-order valence-electron chi connectivity index (χ3n) is 4.78. The molecule has 1 unspecified atom stereocenters. The average Bonchev–Trinajstić information content (AvgIpc) is 2.66. The van der Waals surface area contributed by atoms with Gasteiger partial charge < -0.3 is 10.2 Å². The molecule has 1 amide bonds. The van der Waals surface area contributed by atoms with Crippen molar-refractivity contribution in [3.8, 4) is 0 Å². The Morgan fingerprint density at radius 3 is 2.39 bits per heavy atom. The zero-order chi connectivity index (χ0) is 23.0. The molecule has 0 aliphatic carbocycles. The van der Waals surface area contributed by atoms with Crippen molar-refractivity contribution in [1.82, 2.24) is 9.29 Å². The van der Waals surface area contributed by atoms with Crippen LogP contribution in [-0.4, -0.2) is 49.3 Å². The Bertz CT molecular complexity index is 1080. The number of benzene rings is 1. The second-order valence-corrected chi connectivity index (χ2v) is 9.43. The quantitative estimate of drug-likeness (QED) is 0.682. The van der Waals surface area contributed by atoms with E-state index in [-0.39, 0.29) is 41.4 Å². The minimum Gasteiger partial charge on any atom is -0.354 e. The number of hydrogen-bond donors (Lipinski definition) is 1. The third kappa shape index (κ3) is 5.28. The predicted octanol–water partition coefficient (Wildman–Crippen LogP) is 3.61. The fraction of sp³-hybridized carbons (Fsp3) is 0.368. The third-order valence-corrected chi connectivity index (χ3v) is 7.00. The van der Waals surface area contributed by atoms with Crippen molar-refractivity contribution in [2.45, 2.75) is 31.0 Å². The van der Waals surface area contributed by atoms with E-state index < -0.39 is 27.8 Å². The minimum atomic E-state index is -4.57. The van der Waals surface area contributed by atoms with Crippen LogP contribution in [0.25, 0.3) is 0 Å². The fourth-order valence-corrected chi connectivity index (χ4v) is 5.18. The van der Waals surface area contributed by atoms with Gasteiger partial charge in [-0.3, -0.25) is 4.79 Å². The number of carbonyl (C=O) groups is 1. The van der Waals surface area contributed by atoms with Crippen LogP contribution in [0.4, 0.5) is 24.7 Å². The molecule has 168 valence electrons. The summed E-state index contributed by atoms with van der Waals surface area (Å²) in [5.74, 6) is -0.230. The lowest BCUT2D eigenvalue weighted by Crippen LogP contribution is -2.54. The Morgan fingerprint density at radius 2 is 1.84 bits per heavy atom.